The van der Waals surface area contributed by atoms with Crippen LogP contribution in [-0.4, -0.2) is 36.1 Å². The van der Waals surface area contributed by atoms with Crippen LogP contribution < -0.4 is 0 Å². The van der Waals surface area contributed by atoms with Crippen molar-refractivity contribution in [2.75, 3.05) is 14.1 Å². The molecular weight excluding hydrogens is 226 g/mol. The maximum atomic E-state index is 11.1. The minimum Gasteiger partial charge on any atom is -0.480 e. The third-order valence-electron chi connectivity index (χ3n) is 2.70. The van der Waals surface area contributed by atoms with Gasteiger partial charge in [-0.3, -0.25) is 9.69 Å². The predicted octanol–water partition coefficient (Wildman–Crippen LogP) is 2.21. The van der Waals surface area contributed by atoms with Gasteiger partial charge in [-0.25, -0.2) is 0 Å². The minimum atomic E-state index is -0.815. The molecule has 3 nitrogen and oxygen atoms in total. The molecule has 88 valence electrons. The van der Waals surface area contributed by atoms with Crippen LogP contribution in [0.4, 0.5) is 0 Å². The molecule has 0 heterocycles. The molecule has 0 aliphatic heterocycles. The minimum absolute atomic E-state index is 0.467. The molecule has 4 heteroatoms. The Morgan fingerprint density at radius 2 is 2.12 bits per heavy atom. The van der Waals surface area contributed by atoms with Crippen LogP contribution in [0.3, 0.4) is 0 Å². The average Bonchev–Trinajstić information content (AvgIpc) is 2.19. The second kappa shape index (κ2) is 5.32. The Morgan fingerprint density at radius 3 is 2.62 bits per heavy atom. The quantitative estimate of drug-likeness (QED) is 0.879. The van der Waals surface area contributed by atoms with E-state index in [4.69, 9.17) is 16.7 Å². The summed E-state index contributed by atoms with van der Waals surface area (Å²) in [6.07, 6.45) is 0.467. The molecule has 0 saturated carbocycles. The van der Waals surface area contributed by atoms with E-state index in [2.05, 4.69) is 0 Å². The largest absolute Gasteiger partial charge is 0.480 e. The van der Waals surface area contributed by atoms with Crippen molar-refractivity contribution in [2.45, 2.75) is 19.4 Å². The molecule has 0 radical (unpaired) electrons. The highest BCUT2D eigenvalue weighted by Crippen LogP contribution is 2.20. The van der Waals surface area contributed by atoms with Gasteiger partial charge >= 0.3 is 5.97 Å². The van der Waals surface area contributed by atoms with Gasteiger partial charge in [0, 0.05) is 5.02 Å². The number of halogens is 1. The van der Waals surface area contributed by atoms with Crippen LogP contribution in [0.1, 0.15) is 11.1 Å². The van der Waals surface area contributed by atoms with Crippen molar-refractivity contribution in [3.63, 3.8) is 0 Å². The van der Waals surface area contributed by atoms with Crippen molar-refractivity contribution in [2.24, 2.45) is 0 Å². The fourth-order valence-electron chi connectivity index (χ4n) is 1.57. The van der Waals surface area contributed by atoms with Crippen LogP contribution in [-0.2, 0) is 11.2 Å². The summed E-state index contributed by atoms with van der Waals surface area (Å²) in [5, 5.41) is 9.77. The number of hydrogen-bond acceptors (Lipinski definition) is 2. The summed E-state index contributed by atoms with van der Waals surface area (Å²) in [7, 11) is 3.53. The monoisotopic (exact) mass is 241 g/mol. The number of rotatable bonds is 4. The van der Waals surface area contributed by atoms with E-state index in [0.29, 0.717) is 11.4 Å². The first kappa shape index (κ1) is 13.0. The van der Waals surface area contributed by atoms with E-state index in [1.54, 1.807) is 19.0 Å². The number of benzene rings is 1. The molecule has 16 heavy (non-hydrogen) atoms. The fraction of sp³-hybridized carbons (Fsp3) is 0.417. The summed E-state index contributed by atoms with van der Waals surface area (Å²) >= 11 is 6.00. The maximum absolute atomic E-state index is 11.1. The van der Waals surface area contributed by atoms with Crippen LogP contribution in [0.5, 0.6) is 0 Å². The first-order valence-corrected chi connectivity index (χ1v) is 5.44. The molecule has 1 rings (SSSR count). The highest BCUT2D eigenvalue weighted by atomic mass is 35.5. The van der Waals surface area contributed by atoms with Gasteiger partial charge in [0.1, 0.15) is 6.04 Å². The Labute approximate surface area is 101 Å². The molecule has 0 aliphatic rings. The van der Waals surface area contributed by atoms with Crippen molar-refractivity contribution < 1.29 is 9.90 Å². The Balaban J connectivity index is 2.94. The normalized spacial score (nSPS) is 12.8. The van der Waals surface area contributed by atoms with E-state index in [0.717, 1.165) is 11.1 Å². The molecule has 0 spiro atoms. The molecule has 1 N–H and O–H groups in total. The van der Waals surface area contributed by atoms with Gasteiger partial charge in [0.25, 0.3) is 0 Å². The van der Waals surface area contributed by atoms with Crippen molar-refractivity contribution >= 4 is 17.6 Å². The predicted molar refractivity (Wildman–Crippen MR) is 65.0 cm³/mol. The number of carbonyl (C=O) groups is 1. The first-order valence-electron chi connectivity index (χ1n) is 5.06. The third kappa shape index (κ3) is 2.97. The van der Waals surface area contributed by atoms with E-state index >= 15 is 0 Å². The SMILES string of the molecule is Cc1c(Cl)cccc1C[C@H](C(=O)O)N(C)C. The molecule has 0 unspecified atom stereocenters. The summed E-state index contributed by atoms with van der Waals surface area (Å²) in [6.45, 7) is 1.91. The lowest BCUT2D eigenvalue weighted by molar-refractivity contribution is -0.142. The van der Waals surface area contributed by atoms with Gasteiger partial charge in [-0.2, -0.15) is 0 Å². The zero-order valence-electron chi connectivity index (χ0n) is 9.70. The van der Waals surface area contributed by atoms with Crippen LogP contribution >= 0.6 is 11.6 Å². The molecule has 1 aromatic carbocycles. The molecule has 0 aromatic heterocycles. The lowest BCUT2D eigenvalue weighted by Gasteiger charge is -2.21. The summed E-state index contributed by atoms with van der Waals surface area (Å²) in [5.74, 6) is -0.815. The van der Waals surface area contributed by atoms with E-state index in [-0.39, 0.29) is 0 Å². The fourth-order valence-corrected chi connectivity index (χ4v) is 1.77. The van der Waals surface area contributed by atoms with Crippen molar-refractivity contribution in [1.29, 1.82) is 0 Å². The Kier molecular flexibility index (Phi) is 4.33. The second-order valence-electron chi connectivity index (χ2n) is 4.05. The standard InChI is InChI=1S/C12H16ClNO2/c1-8-9(5-4-6-10(8)13)7-11(12(15)16)14(2)3/h4-6,11H,7H2,1-3H3,(H,15,16)/t11-/m1/s1. The van der Waals surface area contributed by atoms with E-state index < -0.39 is 12.0 Å². The van der Waals surface area contributed by atoms with Crippen LogP contribution in [0.25, 0.3) is 0 Å². The topological polar surface area (TPSA) is 40.5 Å². The summed E-state index contributed by atoms with van der Waals surface area (Å²) in [4.78, 5) is 12.8. The smallest absolute Gasteiger partial charge is 0.321 e. The highest BCUT2D eigenvalue weighted by molar-refractivity contribution is 6.31. The van der Waals surface area contributed by atoms with Gasteiger partial charge in [0.05, 0.1) is 0 Å². The van der Waals surface area contributed by atoms with Crippen molar-refractivity contribution in [3.05, 3.63) is 34.3 Å². The van der Waals surface area contributed by atoms with Crippen LogP contribution in [0.15, 0.2) is 18.2 Å². The summed E-state index contributed by atoms with van der Waals surface area (Å²) in [6, 6.07) is 5.06. The van der Waals surface area contributed by atoms with Gasteiger partial charge in [-0.05, 0) is 44.6 Å². The molecule has 1 atom stereocenters. The lowest BCUT2D eigenvalue weighted by atomic mass is 10.0. The summed E-state index contributed by atoms with van der Waals surface area (Å²) in [5.41, 5.74) is 1.94. The Bertz CT molecular complexity index is 391. The Hall–Kier alpha value is -1.06. The molecular formula is C12H16ClNO2. The van der Waals surface area contributed by atoms with Gasteiger partial charge in [0.15, 0.2) is 0 Å². The highest BCUT2D eigenvalue weighted by Gasteiger charge is 2.21. The van der Waals surface area contributed by atoms with Gasteiger partial charge in [-0.15, -0.1) is 0 Å². The van der Waals surface area contributed by atoms with Crippen molar-refractivity contribution in [1.82, 2.24) is 4.90 Å². The molecule has 0 amide bonds. The third-order valence-corrected chi connectivity index (χ3v) is 3.11. The number of carboxylic acids is 1. The van der Waals surface area contributed by atoms with Crippen LogP contribution in [0, 0.1) is 6.92 Å². The molecule has 0 saturated heterocycles. The zero-order chi connectivity index (χ0) is 12.3. The number of nitrogens with zero attached hydrogens (tertiary/aromatic N) is 1. The van der Waals surface area contributed by atoms with Crippen molar-refractivity contribution in [3.8, 4) is 0 Å². The van der Waals surface area contributed by atoms with Gasteiger partial charge < -0.3 is 5.11 Å². The molecule has 0 fully saturated rings. The van der Waals surface area contributed by atoms with E-state index in [1.165, 1.54) is 0 Å². The second-order valence-corrected chi connectivity index (χ2v) is 4.45. The number of hydrogen-bond donors (Lipinski definition) is 1. The average molecular weight is 242 g/mol. The first-order chi connectivity index (χ1) is 7.43. The zero-order valence-corrected chi connectivity index (χ0v) is 10.5. The number of carboxylic acid groups (broad SMARTS) is 1. The Morgan fingerprint density at radius 1 is 1.50 bits per heavy atom. The lowest BCUT2D eigenvalue weighted by Crippen LogP contribution is -2.37. The number of aliphatic carboxylic acids is 1. The van der Waals surface area contributed by atoms with Gasteiger partial charge in [0.2, 0.25) is 0 Å². The summed E-state index contributed by atoms with van der Waals surface area (Å²) < 4.78 is 0. The van der Waals surface area contributed by atoms with E-state index in [1.807, 2.05) is 25.1 Å². The molecule has 0 bridgehead atoms. The molecule has 0 aliphatic carbocycles. The van der Waals surface area contributed by atoms with E-state index in [9.17, 15) is 4.79 Å². The maximum Gasteiger partial charge on any atom is 0.321 e. The number of likely N-dealkylation sites (N-methyl/N-ethyl adjacent to an activating group) is 1. The molecule has 1 aromatic rings. The van der Waals surface area contributed by atoms with Crippen LogP contribution in [0.2, 0.25) is 5.02 Å². The van der Waals surface area contributed by atoms with Gasteiger partial charge in [-0.1, -0.05) is 23.7 Å².